The molecule has 1 aliphatic heterocycles. The van der Waals surface area contributed by atoms with Gasteiger partial charge in [0.1, 0.15) is 11.9 Å². The van der Waals surface area contributed by atoms with Crippen LogP contribution in [-0.4, -0.2) is 40.1 Å². The Kier molecular flexibility index (Phi) is 5.19. The van der Waals surface area contributed by atoms with Crippen molar-refractivity contribution in [1.29, 1.82) is 0 Å². The van der Waals surface area contributed by atoms with Gasteiger partial charge in [-0.1, -0.05) is 35.0 Å². The maximum absolute atomic E-state index is 12.7. The van der Waals surface area contributed by atoms with Crippen LogP contribution < -0.4 is 4.74 Å². The van der Waals surface area contributed by atoms with Gasteiger partial charge in [0, 0.05) is 24.1 Å². The van der Waals surface area contributed by atoms with Crippen LogP contribution in [0.5, 0.6) is 5.75 Å². The van der Waals surface area contributed by atoms with Crippen molar-refractivity contribution < 1.29 is 27.2 Å². The van der Waals surface area contributed by atoms with Gasteiger partial charge in [-0.15, -0.1) is 0 Å². The molecule has 9 heteroatoms. The SMILES string of the molecule is Cc1cccc(C(=O)N2CCC(Oc3cccc(-c4noc(C(F)(F)F)n4)c3)C2)c1. The molecule has 1 amide bonds. The Balaban J connectivity index is 1.42. The number of hydrogen-bond donors (Lipinski definition) is 0. The Hall–Kier alpha value is -3.36. The summed E-state index contributed by atoms with van der Waals surface area (Å²) in [6.45, 7) is 2.93. The molecule has 2 heterocycles. The average Bonchev–Trinajstić information content (AvgIpc) is 3.37. The van der Waals surface area contributed by atoms with Gasteiger partial charge >= 0.3 is 12.1 Å². The lowest BCUT2D eigenvalue weighted by molar-refractivity contribution is -0.159. The van der Waals surface area contributed by atoms with E-state index >= 15 is 0 Å². The van der Waals surface area contributed by atoms with E-state index in [4.69, 9.17) is 4.74 Å². The molecule has 1 saturated heterocycles. The predicted molar refractivity (Wildman–Crippen MR) is 101 cm³/mol. The molecule has 0 saturated carbocycles. The van der Waals surface area contributed by atoms with Crippen molar-refractivity contribution >= 4 is 5.91 Å². The number of hydrogen-bond acceptors (Lipinski definition) is 5. The molecule has 1 atom stereocenters. The molecule has 1 aromatic heterocycles. The largest absolute Gasteiger partial charge is 0.488 e. The molecule has 0 aliphatic carbocycles. The van der Waals surface area contributed by atoms with Crippen LogP contribution in [0.15, 0.2) is 53.1 Å². The first-order valence-corrected chi connectivity index (χ1v) is 9.33. The zero-order valence-corrected chi connectivity index (χ0v) is 16.0. The molecule has 3 aromatic rings. The summed E-state index contributed by atoms with van der Waals surface area (Å²) in [7, 11) is 0. The minimum atomic E-state index is -4.70. The van der Waals surface area contributed by atoms with Crippen LogP contribution in [0.4, 0.5) is 13.2 Å². The third kappa shape index (κ3) is 4.29. The summed E-state index contributed by atoms with van der Waals surface area (Å²) in [6.07, 6.45) is -4.26. The molecule has 30 heavy (non-hydrogen) atoms. The fraction of sp³-hybridized carbons (Fsp3) is 0.286. The van der Waals surface area contributed by atoms with Crippen LogP contribution in [0.1, 0.15) is 28.2 Å². The molecule has 1 unspecified atom stereocenters. The van der Waals surface area contributed by atoms with Crippen LogP contribution in [-0.2, 0) is 6.18 Å². The molecule has 0 spiro atoms. The molecule has 6 nitrogen and oxygen atoms in total. The van der Waals surface area contributed by atoms with Gasteiger partial charge in [-0.2, -0.15) is 18.2 Å². The third-order valence-corrected chi connectivity index (χ3v) is 4.76. The number of halogens is 3. The molecule has 1 aliphatic rings. The van der Waals surface area contributed by atoms with Crippen molar-refractivity contribution in [2.45, 2.75) is 25.6 Å². The van der Waals surface area contributed by atoms with E-state index in [2.05, 4.69) is 14.7 Å². The van der Waals surface area contributed by atoms with Crippen molar-refractivity contribution in [3.05, 3.63) is 65.5 Å². The monoisotopic (exact) mass is 417 g/mol. The first-order valence-electron chi connectivity index (χ1n) is 9.33. The number of amides is 1. The van der Waals surface area contributed by atoms with Gasteiger partial charge in [-0.05, 0) is 31.2 Å². The maximum atomic E-state index is 12.7. The lowest BCUT2D eigenvalue weighted by Gasteiger charge is -2.18. The normalized spacial score (nSPS) is 16.7. The van der Waals surface area contributed by atoms with Crippen LogP contribution in [0, 0.1) is 6.92 Å². The summed E-state index contributed by atoms with van der Waals surface area (Å²) in [5.74, 6) is -1.16. The van der Waals surface area contributed by atoms with Gasteiger partial charge in [0.25, 0.3) is 5.91 Å². The Morgan fingerprint density at radius 2 is 2.00 bits per heavy atom. The maximum Gasteiger partial charge on any atom is 0.471 e. The number of aromatic nitrogens is 2. The lowest BCUT2D eigenvalue weighted by Crippen LogP contribution is -2.30. The Bertz CT molecular complexity index is 1060. The van der Waals surface area contributed by atoms with Crippen LogP contribution in [0.2, 0.25) is 0 Å². The number of aryl methyl sites for hydroxylation is 1. The van der Waals surface area contributed by atoms with E-state index in [1.807, 2.05) is 25.1 Å². The summed E-state index contributed by atoms with van der Waals surface area (Å²) < 4.78 is 48.2. The topological polar surface area (TPSA) is 68.5 Å². The van der Waals surface area contributed by atoms with E-state index in [1.165, 1.54) is 0 Å². The van der Waals surface area contributed by atoms with E-state index < -0.39 is 12.1 Å². The van der Waals surface area contributed by atoms with Crippen molar-refractivity contribution in [2.75, 3.05) is 13.1 Å². The highest BCUT2D eigenvalue weighted by Crippen LogP contribution is 2.30. The van der Waals surface area contributed by atoms with E-state index in [9.17, 15) is 18.0 Å². The minimum Gasteiger partial charge on any atom is -0.488 e. The number of carbonyl (C=O) groups excluding carboxylic acids is 1. The zero-order chi connectivity index (χ0) is 21.3. The summed E-state index contributed by atoms with van der Waals surface area (Å²) >= 11 is 0. The highest BCUT2D eigenvalue weighted by molar-refractivity contribution is 5.94. The molecule has 1 fully saturated rings. The number of carbonyl (C=O) groups is 1. The van der Waals surface area contributed by atoms with Gasteiger partial charge in [0.05, 0.1) is 6.54 Å². The van der Waals surface area contributed by atoms with E-state index in [0.29, 0.717) is 36.4 Å². The molecule has 156 valence electrons. The number of ether oxygens (including phenoxy) is 1. The van der Waals surface area contributed by atoms with Crippen LogP contribution in [0.25, 0.3) is 11.4 Å². The number of likely N-dealkylation sites (tertiary alicyclic amines) is 1. The van der Waals surface area contributed by atoms with Gasteiger partial charge in [0.2, 0.25) is 5.82 Å². The van der Waals surface area contributed by atoms with Crippen molar-refractivity contribution in [1.82, 2.24) is 15.0 Å². The first kappa shape index (κ1) is 19.9. The minimum absolute atomic E-state index is 0.0509. The molecule has 0 radical (unpaired) electrons. The molecular weight excluding hydrogens is 399 g/mol. The van der Waals surface area contributed by atoms with Crippen molar-refractivity contribution in [3.63, 3.8) is 0 Å². The zero-order valence-electron chi connectivity index (χ0n) is 16.0. The van der Waals surface area contributed by atoms with Gasteiger partial charge < -0.3 is 14.2 Å². The van der Waals surface area contributed by atoms with Crippen molar-refractivity contribution in [3.8, 4) is 17.1 Å². The summed E-state index contributed by atoms with van der Waals surface area (Å²) in [5.41, 5.74) is 1.99. The van der Waals surface area contributed by atoms with E-state index in [-0.39, 0.29) is 17.8 Å². The number of benzene rings is 2. The van der Waals surface area contributed by atoms with Crippen LogP contribution >= 0.6 is 0 Å². The van der Waals surface area contributed by atoms with Crippen LogP contribution in [0.3, 0.4) is 0 Å². The standard InChI is InChI=1S/C21H18F3N3O3/c1-13-4-2-6-15(10-13)19(28)27-9-8-17(12-27)29-16-7-3-5-14(11-16)18-25-20(30-26-18)21(22,23)24/h2-7,10-11,17H,8-9,12H2,1H3. The third-order valence-electron chi connectivity index (χ3n) is 4.76. The summed E-state index contributed by atoms with van der Waals surface area (Å²) in [6, 6.07) is 13.9. The van der Waals surface area contributed by atoms with Crippen molar-refractivity contribution in [2.24, 2.45) is 0 Å². The molecule has 0 bridgehead atoms. The second kappa shape index (κ2) is 7.81. The smallest absolute Gasteiger partial charge is 0.471 e. The summed E-state index contributed by atoms with van der Waals surface area (Å²) in [5, 5.41) is 3.39. The highest BCUT2D eigenvalue weighted by Gasteiger charge is 2.38. The lowest BCUT2D eigenvalue weighted by atomic mass is 10.1. The fourth-order valence-electron chi connectivity index (χ4n) is 3.33. The Labute approximate surface area is 170 Å². The average molecular weight is 417 g/mol. The highest BCUT2D eigenvalue weighted by atomic mass is 19.4. The van der Waals surface area contributed by atoms with Gasteiger partial charge in [-0.25, -0.2) is 0 Å². The summed E-state index contributed by atoms with van der Waals surface area (Å²) in [4.78, 5) is 17.8. The molecule has 4 rings (SSSR count). The first-order chi connectivity index (χ1) is 14.3. The molecule has 2 aromatic carbocycles. The quantitative estimate of drug-likeness (QED) is 0.631. The number of nitrogens with zero attached hydrogens (tertiary/aromatic N) is 3. The molecular formula is C21H18F3N3O3. The fourth-order valence-corrected chi connectivity index (χ4v) is 3.33. The Morgan fingerprint density at radius 1 is 1.20 bits per heavy atom. The second-order valence-electron chi connectivity index (χ2n) is 7.10. The predicted octanol–water partition coefficient (Wildman–Crippen LogP) is 4.36. The Morgan fingerprint density at radius 3 is 2.73 bits per heavy atom. The second-order valence-corrected chi connectivity index (χ2v) is 7.10. The van der Waals surface area contributed by atoms with Gasteiger partial charge in [-0.3, -0.25) is 4.79 Å². The molecule has 0 N–H and O–H groups in total. The number of alkyl halides is 3. The van der Waals surface area contributed by atoms with E-state index in [1.54, 1.807) is 35.2 Å². The van der Waals surface area contributed by atoms with E-state index in [0.717, 1.165) is 5.56 Å². The van der Waals surface area contributed by atoms with Gasteiger partial charge in [0.15, 0.2) is 0 Å². The number of rotatable bonds is 4.